The Morgan fingerprint density at radius 3 is 2.95 bits per heavy atom. The molecule has 0 amide bonds. The minimum Gasteiger partial charge on any atom is -0.423 e. The molecule has 4 rings (SSSR count). The highest BCUT2D eigenvalue weighted by molar-refractivity contribution is 5.62. The lowest BCUT2D eigenvalue weighted by Gasteiger charge is -2.21. The van der Waals surface area contributed by atoms with Gasteiger partial charge in [0.2, 0.25) is 11.8 Å². The number of rotatable bonds is 4. The molecule has 1 aliphatic heterocycles. The van der Waals surface area contributed by atoms with Crippen LogP contribution in [0.4, 0.5) is 11.4 Å². The van der Waals surface area contributed by atoms with Gasteiger partial charge in [-0.25, -0.2) is 0 Å². The summed E-state index contributed by atoms with van der Waals surface area (Å²) in [5.41, 5.74) is 2.15. The van der Waals surface area contributed by atoms with E-state index in [1.54, 1.807) is 12.1 Å². The first-order valence-electron chi connectivity index (χ1n) is 7.55. The Bertz CT molecular complexity index is 723. The molecule has 2 heterocycles. The summed E-state index contributed by atoms with van der Waals surface area (Å²) >= 11 is 0. The summed E-state index contributed by atoms with van der Waals surface area (Å²) in [6.07, 6.45) is 4.36. The van der Waals surface area contributed by atoms with Gasteiger partial charge in [0.15, 0.2) is 0 Å². The van der Waals surface area contributed by atoms with Gasteiger partial charge in [0.05, 0.1) is 11.5 Å². The zero-order valence-electron chi connectivity index (χ0n) is 12.1. The summed E-state index contributed by atoms with van der Waals surface area (Å²) in [5, 5.41) is 19.2. The molecule has 2 aliphatic rings. The lowest BCUT2D eigenvalue weighted by Crippen LogP contribution is -2.20. The molecule has 0 N–H and O–H groups in total. The van der Waals surface area contributed by atoms with E-state index < -0.39 is 0 Å². The van der Waals surface area contributed by atoms with E-state index >= 15 is 0 Å². The Morgan fingerprint density at radius 1 is 1.36 bits per heavy atom. The monoisotopic (exact) mass is 300 g/mol. The largest absolute Gasteiger partial charge is 0.423 e. The third-order valence-corrected chi connectivity index (χ3v) is 4.53. The Balaban J connectivity index is 1.54. The van der Waals surface area contributed by atoms with Gasteiger partial charge in [0, 0.05) is 30.3 Å². The fraction of sp³-hybridized carbons (Fsp3) is 0.467. The number of nitrogens with zero attached hydrogens (tertiary/aromatic N) is 4. The molecule has 0 saturated heterocycles. The van der Waals surface area contributed by atoms with Crippen LogP contribution in [0.25, 0.3) is 0 Å². The minimum absolute atomic E-state index is 0.117. The lowest BCUT2D eigenvalue weighted by molar-refractivity contribution is -0.384. The van der Waals surface area contributed by atoms with E-state index in [0.29, 0.717) is 18.4 Å². The second-order valence-electron chi connectivity index (χ2n) is 5.90. The van der Waals surface area contributed by atoms with Crippen LogP contribution >= 0.6 is 0 Å². The number of hydrogen-bond donors (Lipinski definition) is 0. The van der Waals surface area contributed by atoms with Crippen molar-refractivity contribution in [1.29, 1.82) is 0 Å². The van der Waals surface area contributed by atoms with Gasteiger partial charge >= 0.3 is 0 Å². The van der Waals surface area contributed by atoms with Crippen LogP contribution in [0.1, 0.15) is 42.5 Å². The highest BCUT2D eigenvalue weighted by atomic mass is 16.6. The number of fused-ring (bicyclic) bond motifs is 1. The number of anilines is 1. The fourth-order valence-corrected chi connectivity index (χ4v) is 3.03. The summed E-state index contributed by atoms with van der Waals surface area (Å²) in [4.78, 5) is 12.6. The van der Waals surface area contributed by atoms with Crippen molar-refractivity contribution in [2.45, 2.75) is 38.1 Å². The van der Waals surface area contributed by atoms with Crippen LogP contribution in [-0.4, -0.2) is 21.7 Å². The highest BCUT2D eigenvalue weighted by Crippen LogP contribution is 2.36. The summed E-state index contributed by atoms with van der Waals surface area (Å²) < 4.78 is 5.74. The molecule has 114 valence electrons. The number of nitro benzene ring substituents is 1. The van der Waals surface area contributed by atoms with Gasteiger partial charge in [-0.3, -0.25) is 10.1 Å². The third kappa shape index (κ3) is 2.22. The Morgan fingerprint density at radius 2 is 2.23 bits per heavy atom. The normalized spacial score (nSPS) is 17.4. The van der Waals surface area contributed by atoms with Gasteiger partial charge in [0.1, 0.15) is 0 Å². The molecule has 7 heteroatoms. The highest BCUT2D eigenvalue weighted by Gasteiger charge is 2.27. The maximum absolute atomic E-state index is 10.9. The molecule has 0 unspecified atom stereocenters. The Hall–Kier alpha value is -2.44. The molecule has 22 heavy (non-hydrogen) atoms. The first kappa shape index (κ1) is 13.2. The van der Waals surface area contributed by atoms with Gasteiger partial charge in [-0.05, 0) is 24.8 Å². The van der Waals surface area contributed by atoms with Crippen molar-refractivity contribution < 1.29 is 9.34 Å². The third-order valence-electron chi connectivity index (χ3n) is 4.53. The smallest absolute Gasteiger partial charge is 0.271 e. The average Bonchev–Trinajstić information content (AvgIpc) is 3.05. The summed E-state index contributed by atoms with van der Waals surface area (Å²) in [5.74, 6) is 1.74. The molecular weight excluding hydrogens is 284 g/mol. The first-order chi connectivity index (χ1) is 10.7. The molecule has 1 fully saturated rings. The van der Waals surface area contributed by atoms with Crippen LogP contribution in [0.3, 0.4) is 0 Å². The van der Waals surface area contributed by atoms with E-state index in [4.69, 9.17) is 4.42 Å². The molecule has 0 bridgehead atoms. The van der Waals surface area contributed by atoms with E-state index in [1.165, 1.54) is 6.42 Å². The number of hydrogen-bond acceptors (Lipinski definition) is 6. The van der Waals surface area contributed by atoms with E-state index in [0.717, 1.165) is 42.9 Å². The van der Waals surface area contributed by atoms with Crippen molar-refractivity contribution in [1.82, 2.24) is 10.2 Å². The summed E-state index contributed by atoms with van der Waals surface area (Å²) in [6.45, 7) is 1.32. The summed E-state index contributed by atoms with van der Waals surface area (Å²) in [7, 11) is 0. The number of aromatic nitrogens is 2. The average molecular weight is 300 g/mol. The summed E-state index contributed by atoms with van der Waals surface area (Å²) in [6, 6.07) is 5.02. The van der Waals surface area contributed by atoms with Crippen LogP contribution in [0.2, 0.25) is 0 Å². The lowest BCUT2D eigenvalue weighted by atomic mass is 9.85. The first-order valence-corrected chi connectivity index (χ1v) is 7.55. The van der Waals surface area contributed by atoms with Crippen LogP contribution in [-0.2, 0) is 13.0 Å². The quantitative estimate of drug-likeness (QED) is 0.637. The Labute approximate surface area is 127 Å². The van der Waals surface area contributed by atoms with Gasteiger partial charge in [-0.1, -0.05) is 12.5 Å². The van der Waals surface area contributed by atoms with Crippen molar-refractivity contribution in [3.63, 3.8) is 0 Å². The van der Waals surface area contributed by atoms with Crippen LogP contribution in [0.5, 0.6) is 0 Å². The van der Waals surface area contributed by atoms with Crippen molar-refractivity contribution in [2.75, 3.05) is 11.4 Å². The van der Waals surface area contributed by atoms with Gasteiger partial charge in [0.25, 0.3) is 5.69 Å². The molecule has 1 aliphatic carbocycles. The molecular formula is C15H16N4O3. The fourth-order valence-electron chi connectivity index (χ4n) is 3.03. The number of nitro groups is 1. The molecule has 0 spiro atoms. The number of benzene rings is 1. The SMILES string of the molecule is O=[N+]([O-])c1ccc2c(c1)N(Cc1nnc(C3CCC3)o1)CC2. The standard InChI is InChI=1S/C15H16N4O3/c20-19(21)12-5-4-10-6-7-18(13(10)8-12)9-14-16-17-15(22-14)11-2-1-3-11/h4-5,8,11H,1-3,6-7,9H2. The second-order valence-corrected chi connectivity index (χ2v) is 5.90. The van der Waals surface area contributed by atoms with Crippen molar-refractivity contribution in [3.8, 4) is 0 Å². The Kier molecular flexibility index (Phi) is 3.06. The molecule has 2 aromatic rings. The maximum Gasteiger partial charge on any atom is 0.271 e. The van der Waals surface area contributed by atoms with Gasteiger partial charge in [-0.15, -0.1) is 10.2 Å². The topological polar surface area (TPSA) is 85.3 Å². The van der Waals surface area contributed by atoms with Crippen LogP contribution < -0.4 is 4.90 Å². The second kappa shape index (κ2) is 5.08. The zero-order valence-corrected chi connectivity index (χ0v) is 12.1. The van der Waals surface area contributed by atoms with Crippen molar-refractivity contribution >= 4 is 11.4 Å². The molecule has 1 saturated carbocycles. The molecule has 0 radical (unpaired) electrons. The van der Waals surface area contributed by atoms with E-state index in [1.807, 2.05) is 6.07 Å². The predicted octanol–water partition coefficient (Wildman–Crippen LogP) is 2.81. The zero-order chi connectivity index (χ0) is 15.1. The van der Waals surface area contributed by atoms with Crippen LogP contribution in [0, 0.1) is 10.1 Å². The molecule has 1 aromatic carbocycles. The maximum atomic E-state index is 10.9. The number of non-ortho nitro benzene ring substituents is 1. The molecule has 7 nitrogen and oxygen atoms in total. The van der Waals surface area contributed by atoms with Crippen molar-refractivity contribution in [2.24, 2.45) is 0 Å². The van der Waals surface area contributed by atoms with Crippen LogP contribution in [0.15, 0.2) is 22.6 Å². The predicted molar refractivity (Wildman–Crippen MR) is 78.7 cm³/mol. The van der Waals surface area contributed by atoms with E-state index in [9.17, 15) is 10.1 Å². The van der Waals surface area contributed by atoms with Crippen molar-refractivity contribution in [3.05, 3.63) is 45.7 Å². The molecule has 0 atom stereocenters. The minimum atomic E-state index is -0.363. The molecule has 1 aromatic heterocycles. The van der Waals surface area contributed by atoms with Gasteiger partial charge < -0.3 is 9.32 Å². The van der Waals surface area contributed by atoms with E-state index in [-0.39, 0.29) is 10.6 Å². The van der Waals surface area contributed by atoms with Gasteiger partial charge in [-0.2, -0.15) is 0 Å². The van der Waals surface area contributed by atoms with E-state index in [2.05, 4.69) is 15.1 Å².